The molecule has 0 saturated carbocycles. The first-order valence-electron chi connectivity index (χ1n) is 5.52. The number of aryl methyl sites for hydroxylation is 1. The topological polar surface area (TPSA) is 59.0 Å². The Kier molecular flexibility index (Phi) is 2.52. The molecule has 1 unspecified atom stereocenters. The molecule has 5 nitrogen and oxygen atoms in total. The SMILES string of the molecule is Cn1cnc2cc(/C=C3\NC(S)NC3=O)ccc21. The number of hydrogen-bond donors (Lipinski definition) is 3. The predicted octanol–water partition coefficient (Wildman–Crippen LogP) is 0.847. The van der Waals surface area contributed by atoms with Crippen molar-refractivity contribution in [3.63, 3.8) is 0 Å². The van der Waals surface area contributed by atoms with E-state index in [0.29, 0.717) is 5.70 Å². The van der Waals surface area contributed by atoms with Crippen LogP contribution in [0.25, 0.3) is 17.1 Å². The van der Waals surface area contributed by atoms with Crippen LogP contribution in [0.5, 0.6) is 0 Å². The first kappa shape index (κ1) is 11.2. The van der Waals surface area contributed by atoms with Crippen molar-refractivity contribution in [3.05, 3.63) is 35.8 Å². The number of nitrogens with zero attached hydrogens (tertiary/aromatic N) is 2. The number of carbonyl (C=O) groups is 1. The molecule has 0 bridgehead atoms. The van der Waals surface area contributed by atoms with E-state index in [1.54, 1.807) is 12.4 Å². The number of amides is 1. The van der Waals surface area contributed by atoms with Crippen molar-refractivity contribution >= 4 is 35.6 Å². The molecule has 3 rings (SSSR count). The minimum absolute atomic E-state index is 0.142. The summed E-state index contributed by atoms with van der Waals surface area (Å²) in [5.41, 5.74) is 3.11. The van der Waals surface area contributed by atoms with E-state index >= 15 is 0 Å². The van der Waals surface area contributed by atoms with E-state index in [1.807, 2.05) is 29.8 Å². The number of nitrogens with one attached hydrogen (secondary N) is 2. The third kappa shape index (κ3) is 1.84. The summed E-state index contributed by atoms with van der Waals surface area (Å²) in [6, 6.07) is 5.89. The minimum atomic E-state index is -0.317. The van der Waals surface area contributed by atoms with E-state index in [1.165, 1.54) is 0 Å². The normalized spacial score (nSPS) is 21.3. The number of fused-ring (bicyclic) bond motifs is 1. The molecule has 92 valence electrons. The number of thiol groups is 1. The Morgan fingerprint density at radius 2 is 2.28 bits per heavy atom. The molecule has 6 heteroatoms. The highest BCUT2D eigenvalue weighted by molar-refractivity contribution is 7.80. The largest absolute Gasteiger partial charge is 0.352 e. The molecule has 2 aromatic rings. The van der Waals surface area contributed by atoms with Gasteiger partial charge in [0, 0.05) is 7.05 Å². The van der Waals surface area contributed by atoms with Crippen LogP contribution in [0.3, 0.4) is 0 Å². The summed E-state index contributed by atoms with van der Waals surface area (Å²) < 4.78 is 1.95. The van der Waals surface area contributed by atoms with Crippen LogP contribution >= 0.6 is 12.6 Å². The van der Waals surface area contributed by atoms with Gasteiger partial charge < -0.3 is 15.2 Å². The van der Waals surface area contributed by atoms with Gasteiger partial charge in [0.25, 0.3) is 5.91 Å². The van der Waals surface area contributed by atoms with Gasteiger partial charge in [-0.15, -0.1) is 12.6 Å². The van der Waals surface area contributed by atoms with E-state index in [-0.39, 0.29) is 11.4 Å². The first-order chi connectivity index (χ1) is 8.63. The lowest BCUT2D eigenvalue weighted by atomic mass is 10.1. The highest BCUT2D eigenvalue weighted by atomic mass is 32.1. The Hall–Kier alpha value is -1.95. The van der Waals surface area contributed by atoms with Gasteiger partial charge >= 0.3 is 0 Å². The Labute approximate surface area is 109 Å². The van der Waals surface area contributed by atoms with Crippen LogP contribution in [-0.2, 0) is 11.8 Å². The summed E-state index contributed by atoms with van der Waals surface area (Å²) >= 11 is 4.14. The summed E-state index contributed by atoms with van der Waals surface area (Å²) in [6.45, 7) is 0. The molecule has 1 aromatic carbocycles. The van der Waals surface area contributed by atoms with Crippen LogP contribution in [0.4, 0.5) is 0 Å². The van der Waals surface area contributed by atoms with Gasteiger partial charge in [-0.3, -0.25) is 4.79 Å². The summed E-state index contributed by atoms with van der Waals surface area (Å²) in [5.74, 6) is -0.142. The van der Waals surface area contributed by atoms with E-state index < -0.39 is 0 Å². The molecule has 1 aromatic heterocycles. The number of imidazole rings is 1. The van der Waals surface area contributed by atoms with Crippen LogP contribution in [-0.4, -0.2) is 21.0 Å². The third-order valence-corrected chi connectivity index (χ3v) is 3.12. The van der Waals surface area contributed by atoms with E-state index in [4.69, 9.17) is 0 Å². The monoisotopic (exact) mass is 260 g/mol. The molecule has 1 aliphatic rings. The van der Waals surface area contributed by atoms with Crippen molar-refractivity contribution in [3.8, 4) is 0 Å². The molecule has 1 amide bonds. The molecular weight excluding hydrogens is 248 g/mol. The van der Waals surface area contributed by atoms with E-state index in [0.717, 1.165) is 16.6 Å². The van der Waals surface area contributed by atoms with Gasteiger partial charge in [-0.1, -0.05) is 6.07 Å². The second-order valence-electron chi connectivity index (χ2n) is 4.18. The molecule has 0 radical (unpaired) electrons. The Morgan fingerprint density at radius 3 is 3.00 bits per heavy atom. The van der Waals surface area contributed by atoms with Crippen LogP contribution < -0.4 is 10.6 Å². The minimum Gasteiger partial charge on any atom is -0.352 e. The molecular formula is C12H12N4OS. The van der Waals surface area contributed by atoms with Gasteiger partial charge in [-0.2, -0.15) is 0 Å². The average molecular weight is 260 g/mol. The number of rotatable bonds is 1. The fourth-order valence-electron chi connectivity index (χ4n) is 1.97. The second-order valence-corrected chi connectivity index (χ2v) is 4.70. The maximum absolute atomic E-state index is 11.5. The summed E-state index contributed by atoms with van der Waals surface area (Å²) in [4.78, 5) is 15.8. The molecule has 18 heavy (non-hydrogen) atoms. The standard InChI is InChI=1S/C12H12N4OS/c1-16-6-13-8-4-7(2-3-10(8)16)5-9-11(17)15-12(18)14-9/h2-6,12,14,18H,1H3,(H,15,17)/b9-5-. The van der Waals surface area contributed by atoms with Crippen LogP contribution in [0, 0.1) is 0 Å². The number of benzene rings is 1. The molecule has 1 atom stereocenters. The van der Waals surface area contributed by atoms with Crippen molar-refractivity contribution in [1.29, 1.82) is 0 Å². The first-order valence-corrected chi connectivity index (χ1v) is 6.03. The fourth-order valence-corrected chi connectivity index (χ4v) is 2.22. The smallest absolute Gasteiger partial charge is 0.269 e. The molecule has 1 saturated heterocycles. The third-order valence-electron chi connectivity index (χ3n) is 2.87. The average Bonchev–Trinajstić information content (AvgIpc) is 2.84. The van der Waals surface area contributed by atoms with Gasteiger partial charge in [0.15, 0.2) is 0 Å². The number of carbonyl (C=O) groups excluding carboxylic acids is 1. The predicted molar refractivity (Wildman–Crippen MR) is 72.7 cm³/mol. The van der Waals surface area contributed by atoms with Gasteiger partial charge in [0.2, 0.25) is 0 Å². The van der Waals surface area contributed by atoms with E-state index in [2.05, 4.69) is 28.2 Å². The molecule has 1 aliphatic heterocycles. The Balaban J connectivity index is 2.00. The lowest BCUT2D eigenvalue weighted by Gasteiger charge is -2.00. The maximum atomic E-state index is 11.5. The van der Waals surface area contributed by atoms with Crippen LogP contribution in [0.15, 0.2) is 30.2 Å². The molecule has 0 aliphatic carbocycles. The van der Waals surface area contributed by atoms with Crippen LogP contribution in [0.1, 0.15) is 5.56 Å². The highest BCUT2D eigenvalue weighted by Crippen LogP contribution is 2.17. The number of hydrogen-bond acceptors (Lipinski definition) is 4. The quantitative estimate of drug-likeness (QED) is 0.526. The van der Waals surface area contributed by atoms with Crippen LogP contribution in [0.2, 0.25) is 0 Å². The van der Waals surface area contributed by atoms with E-state index in [9.17, 15) is 4.79 Å². The zero-order chi connectivity index (χ0) is 12.7. The molecule has 1 fully saturated rings. The number of aromatic nitrogens is 2. The van der Waals surface area contributed by atoms with Gasteiger partial charge in [-0.25, -0.2) is 4.98 Å². The highest BCUT2D eigenvalue weighted by Gasteiger charge is 2.21. The lowest BCUT2D eigenvalue weighted by molar-refractivity contribution is -0.116. The van der Waals surface area contributed by atoms with Gasteiger partial charge in [0.1, 0.15) is 11.2 Å². The van der Waals surface area contributed by atoms with Crippen molar-refractivity contribution < 1.29 is 4.79 Å². The Morgan fingerprint density at radius 1 is 1.44 bits per heavy atom. The van der Waals surface area contributed by atoms with Crippen molar-refractivity contribution in [1.82, 2.24) is 20.2 Å². The lowest BCUT2D eigenvalue weighted by Crippen LogP contribution is -2.25. The molecule has 0 spiro atoms. The zero-order valence-electron chi connectivity index (χ0n) is 9.71. The fraction of sp³-hybridized carbons (Fsp3) is 0.167. The van der Waals surface area contributed by atoms with Gasteiger partial charge in [0.05, 0.1) is 17.4 Å². The maximum Gasteiger partial charge on any atom is 0.269 e. The van der Waals surface area contributed by atoms with Crippen molar-refractivity contribution in [2.75, 3.05) is 0 Å². The van der Waals surface area contributed by atoms with Gasteiger partial charge in [-0.05, 0) is 23.8 Å². The summed E-state index contributed by atoms with van der Waals surface area (Å²) in [5, 5.41) is 5.60. The zero-order valence-corrected chi connectivity index (χ0v) is 10.6. The molecule has 2 heterocycles. The summed E-state index contributed by atoms with van der Waals surface area (Å²) in [6.07, 6.45) is 3.56. The van der Waals surface area contributed by atoms with Crippen molar-refractivity contribution in [2.45, 2.75) is 5.50 Å². The van der Waals surface area contributed by atoms with Crippen molar-refractivity contribution in [2.24, 2.45) is 7.05 Å². The molecule has 2 N–H and O–H groups in total. The Bertz CT molecular complexity index is 661. The summed E-state index contributed by atoms with van der Waals surface area (Å²) in [7, 11) is 1.95. The second kappa shape index (κ2) is 4.06.